The minimum Gasteiger partial charge on any atom is -0.356 e. The lowest BCUT2D eigenvalue weighted by atomic mass is 9.97. The molecule has 0 bridgehead atoms. The lowest BCUT2D eigenvalue weighted by molar-refractivity contribution is -0.143. The molecule has 0 aliphatic carbocycles. The van der Waals surface area contributed by atoms with Gasteiger partial charge in [0.1, 0.15) is 0 Å². The van der Waals surface area contributed by atoms with Gasteiger partial charge in [-0.15, -0.1) is 0 Å². The van der Waals surface area contributed by atoms with Gasteiger partial charge in [-0.05, 0) is 51.2 Å². The summed E-state index contributed by atoms with van der Waals surface area (Å²) in [5.74, 6) is 1.34. The summed E-state index contributed by atoms with van der Waals surface area (Å²) in [7, 11) is 1.71. The Morgan fingerprint density at radius 1 is 1.12 bits per heavy atom. The fourth-order valence-electron chi connectivity index (χ4n) is 3.71. The van der Waals surface area contributed by atoms with Crippen molar-refractivity contribution in [3.63, 3.8) is 0 Å². The molecule has 2 aliphatic rings. The van der Waals surface area contributed by atoms with Gasteiger partial charge in [-0.3, -0.25) is 9.89 Å². The van der Waals surface area contributed by atoms with E-state index in [4.69, 9.17) is 0 Å². The van der Waals surface area contributed by atoms with E-state index >= 15 is 0 Å². The summed E-state index contributed by atoms with van der Waals surface area (Å²) in [6.07, 6.45) is 0.166. The predicted octanol–water partition coefficient (Wildman–Crippen LogP) is 1.91. The quantitative estimate of drug-likeness (QED) is 0.559. The van der Waals surface area contributed by atoms with Gasteiger partial charge in [0, 0.05) is 32.7 Å². The first kappa shape index (κ1) is 20.3. The summed E-state index contributed by atoms with van der Waals surface area (Å²) in [4.78, 5) is 8.19. The van der Waals surface area contributed by atoms with Crippen molar-refractivity contribution in [2.45, 2.75) is 44.8 Å². The van der Waals surface area contributed by atoms with Crippen LogP contribution in [0.3, 0.4) is 0 Å². The van der Waals surface area contributed by atoms with E-state index in [0.717, 1.165) is 19.6 Å². The number of nitrogens with one attached hydrogen (secondary N) is 2. The Kier molecular flexibility index (Phi) is 7.81. The van der Waals surface area contributed by atoms with Crippen molar-refractivity contribution in [2.75, 3.05) is 52.9 Å². The molecule has 2 rings (SSSR count). The van der Waals surface area contributed by atoms with Crippen LogP contribution in [0.4, 0.5) is 13.2 Å². The standard InChI is InChI=1S/C17H32F3N5/c1-3-7-24-8-4-14(5-9-24)11-22-16(21-2)23-15-6-10-25(12-15)13-17(18,19)20/h14-15H,3-13H2,1-2H3,(H2,21,22,23). The van der Waals surface area contributed by atoms with E-state index in [1.807, 2.05) is 0 Å². The Morgan fingerprint density at radius 2 is 1.80 bits per heavy atom. The van der Waals surface area contributed by atoms with Crippen LogP contribution in [0.15, 0.2) is 4.99 Å². The van der Waals surface area contributed by atoms with Crippen LogP contribution < -0.4 is 10.6 Å². The zero-order chi connectivity index (χ0) is 18.3. The smallest absolute Gasteiger partial charge is 0.356 e. The lowest BCUT2D eigenvalue weighted by Gasteiger charge is -2.32. The molecule has 25 heavy (non-hydrogen) atoms. The molecule has 2 N–H and O–H groups in total. The fourth-order valence-corrected chi connectivity index (χ4v) is 3.71. The number of aliphatic imine (C=N–C) groups is 1. The Bertz CT molecular complexity index is 419. The molecule has 5 nitrogen and oxygen atoms in total. The molecule has 2 fully saturated rings. The van der Waals surface area contributed by atoms with Gasteiger partial charge in [-0.25, -0.2) is 0 Å². The largest absolute Gasteiger partial charge is 0.401 e. The SMILES string of the molecule is CCCN1CCC(CNC(=NC)NC2CCN(CC(F)(F)F)C2)CC1. The third-order valence-corrected chi connectivity index (χ3v) is 5.04. The van der Waals surface area contributed by atoms with E-state index in [2.05, 4.69) is 27.4 Å². The topological polar surface area (TPSA) is 42.9 Å². The highest BCUT2D eigenvalue weighted by molar-refractivity contribution is 5.80. The molecule has 0 saturated carbocycles. The second-order valence-electron chi connectivity index (χ2n) is 7.22. The number of halogens is 3. The van der Waals surface area contributed by atoms with Gasteiger partial charge in [0.05, 0.1) is 6.54 Å². The van der Waals surface area contributed by atoms with Crippen molar-refractivity contribution < 1.29 is 13.2 Å². The summed E-state index contributed by atoms with van der Waals surface area (Å²) in [5, 5.41) is 6.63. The van der Waals surface area contributed by atoms with Crippen LogP contribution in [0.2, 0.25) is 0 Å². The molecule has 0 aromatic heterocycles. The monoisotopic (exact) mass is 363 g/mol. The van der Waals surface area contributed by atoms with Gasteiger partial charge in [0.2, 0.25) is 0 Å². The van der Waals surface area contributed by atoms with E-state index in [9.17, 15) is 13.2 Å². The van der Waals surface area contributed by atoms with E-state index in [1.165, 1.54) is 30.7 Å². The maximum Gasteiger partial charge on any atom is 0.401 e. The number of likely N-dealkylation sites (tertiary alicyclic amines) is 2. The van der Waals surface area contributed by atoms with Crippen LogP contribution in [0.1, 0.15) is 32.6 Å². The van der Waals surface area contributed by atoms with Gasteiger partial charge >= 0.3 is 6.18 Å². The highest BCUT2D eigenvalue weighted by Crippen LogP contribution is 2.20. The molecule has 1 unspecified atom stereocenters. The highest BCUT2D eigenvalue weighted by atomic mass is 19.4. The average Bonchev–Trinajstić information content (AvgIpc) is 2.98. The van der Waals surface area contributed by atoms with Crippen molar-refractivity contribution in [3.8, 4) is 0 Å². The summed E-state index contributed by atoms with van der Waals surface area (Å²) in [6.45, 7) is 6.63. The molecule has 0 aromatic carbocycles. The van der Waals surface area contributed by atoms with Gasteiger partial charge < -0.3 is 15.5 Å². The Morgan fingerprint density at radius 3 is 2.40 bits per heavy atom. The molecule has 1 atom stereocenters. The minimum absolute atomic E-state index is 0.0277. The van der Waals surface area contributed by atoms with E-state index in [0.29, 0.717) is 31.4 Å². The Balaban J connectivity index is 1.66. The van der Waals surface area contributed by atoms with Gasteiger partial charge in [-0.2, -0.15) is 13.2 Å². The molecule has 2 saturated heterocycles. The fraction of sp³-hybridized carbons (Fsp3) is 0.941. The summed E-state index contributed by atoms with van der Waals surface area (Å²) < 4.78 is 37.4. The van der Waals surface area contributed by atoms with Crippen LogP contribution in [-0.2, 0) is 0 Å². The molecule has 2 heterocycles. The summed E-state index contributed by atoms with van der Waals surface area (Å²) >= 11 is 0. The van der Waals surface area contributed by atoms with Gasteiger partial charge in [0.15, 0.2) is 5.96 Å². The van der Waals surface area contributed by atoms with Crippen molar-refractivity contribution in [1.82, 2.24) is 20.4 Å². The normalized spacial score (nSPS) is 24.7. The zero-order valence-electron chi connectivity index (χ0n) is 15.4. The van der Waals surface area contributed by atoms with Crippen molar-refractivity contribution in [3.05, 3.63) is 0 Å². The molecule has 0 radical (unpaired) electrons. The van der Waals surface area contributed by atoms with E-state index < -0.39 is 12.7 Å². The number of nitrogens with zero attached hydrogens (tertiary/aromatic N) is 3. The molecule has 8 heteroatoms. The Hall–Kier alpha value is -1.02. The second-order valence-corrected chi connectivity index (χ2v) is 7.22. The highest BCUT2D eigenvalue weighted by Gasteiger charge is 2.34. The molecule has 0 aromatic rings. The number of hydrogen-bond donors (Lipinski definition) is 2. The van der Waals surface area contributed by atoms with Crippen LogP contribution >= 0.6 is 0 Å². The first-order valence-electron chi connectivity index (χ1n) is 9.38. The van der Waals surface area contributed by atoms with Crippen LogP contribution in [0.25, 0.3) is 0 Å². The molecule has 0 spiro atoms. The van der Waals surface area contributed by atoms with Gasteiger partial charge in [-0.1, -0.05) is 6.92 Å². The Labute approximate surface area is 149 Å². The number of rotatable bonds is 6. The first-order chi connectivity index (χ1) is 11.9. The maximum absolute atomic E-state index is 12.5. The molecule has 146 valence electrons. The molecule has 0 amide bonds. The predicted molar refractivity (Wildman–Crippen MR) is 94.9 cm³/mol. The van der Waals surface area contributed by atoms with Crippen molar-refractivity contribution >= 4 is 5.96 Å². The number of alkyl halides is 3. The van der Waals surface area contributed by atoms with Crippen LogP contribution in [-0.4, -0.2) is 80.8 Å². The van der Waals surface area contributed by atoms with E-state index in [-0.39, 0.29) is 6.04 Å². The van der Waals surface area contributed by atoms with Crippen molar-refractivity contribution in [1.29, 1.82) is 0 Å². The zero-order valence-corrected chi connectivity index (χ0v) is 15.4. The molecule has 2 aliphatic heterocycles. The van der Waals surface area contributed by atoms with E-state index in [1.54, 1.807) is 7.05 Å². The summed E-state index contributed by atoms with van der Waals surface area (Å²) in [6, 6.07) is 0.0277. The molecular weight excluding hydrogens is 331 g/mol. The first-order valence-corrected chi connectivity index (χ1v) is 9.38. The maximum atomic E-state index is 12.5. The average molecular weight is 363 g/mol. The van der Waals surface area contributed by atoms with Crippen LogP contribution in [0.5, 0.6) is 0 Å². The third-order valence-electron chi connectivity index (χ3n) is 5.04. The summed E-state index contributed by atoms with van der Waals surface area (Å²) in [5.41, 5.74) is 0. The van der Waals surface area contributed by atoms with Crippen LogP contribution in [0, 0.1) is 5.92 Å². The minimum atomic E-state index is -4.12. The second kappa shape index (κ2) is 9.62. The third kappa shape index (κ3) is 7.40. The lowest BCUT2D eigenvalue weighted by Crippen LogP contribution is -2.47. The number of guanidine groups is 1. The van der Waals surface area contributed by atoms with Crippen molar-refractivity contribution in [2.24, 2.45) is 10.9 Å². The van der Waals surface area contributed by atoms with Gasteiger partial charge in [0.25, 0.3) is 0 Å². The molecular formula is C17H32F3N5. The number of piperidine rings is 1. The number of hydrogen-bond acceptors (Lipinski definition) is 3.